The van der Waals surface area contributed by atoms with Gasteiger partial charge in [0.05, 0.1) is 23.5 Å². The van der Waals surface area contributed by atoms with E-state index in [2.05, 4.69) is 23.9 Å². The van der Waals surface area contributed by atoms with Gasteiger partial charge in [-0.2, -0.15) is 0 Å². The van der Waals surface area contributed by atoms with Gasteiger partial charge < -0.3 is 20.3 Å². The third-order valence-corrected chi connectivity index (χ3v) is 4.07. The number of rotatable bonds is 4. The number of nitrogens with two attached hydrogens (primary N) is 1. The first kappa shape index (κ1) is 15.6. The third-order valence-electron chi connectivity index (χ3n) is 4.07. The predicted octanol–water partition coefficient (Wildman–Crippen LogP) is 1.98. The van der Waals surface area contributed by atoms with Gasteiger partial charge in [0.25, 0.3) is 0 Å². The van der Waals surface area contributed by atoms with Gasteiger partial charge in [0, 0.05) is 19.1 Å². The number of anilines is 2. The largest absolute Gasteiger partial charge is 0.462 e. The molecule has 0 aromatic heterocycles. The monoisotopic (exact) mass is 291 g/mol. The number of hydrogen-bond acceptors (Lipinski definition) is 5. The van der Waals surface area contributed by atoms with E-state index in [0.29, 0.717) is 23.9 Å². The van der Waals surface area contributed by atoms with Gasteiger partial charge >= 0.3 is 5.97 Å². The molecule has 0 saturated carbocycles. The van der Waals surface area contributed by atoms with Crippen molar-refractivity contribution in [3.63, 3.8) is 0 Å². The topological polar surface area (TPSA) is 58.8 Å². The molecule has 1 fully saturated rings. The molecule has 0 amide bonds. The Kier molecular flexibility index (Phi) is 5.07. The third kappa shape index (κ3) is 3.47. The van der Waals surface area contributed by atoms with Crippen LogP contribution in [0, 0.1) is 0 Å². The van der Waals surface area contributed by atoms with Crippen LogP contribution in [0.4, 0.5) is 11.4 Å². The summed E-state index contributed by atoms with van der Waals surface area (Å²) in [6.45, 7) is 4.00. The highest BCUT2D eigenvalue weighted by molar-refractivity contribution is 5.99. The molecule has 5 nitrogen and oxygen atoms in total. The van der Waals surface area contributed by atoms with Crippen LogP contribution in [0.15, 0.2) is 18.2 Å². The molecule has 2 rings (SSSR count). The minimum atomic E-state index is -0.297. The molecule has 0 aliphatic carbocycles. The predicted molar refractivity (Wildman–Crippen MR) is 85.7 cm³/mol. The number of carbonyl (C=O) groups excluding carboxylic acids is 1. The highest BCUT2D eigenvalue weighted by atomic mass is 16.5. The minimum absolute atomic E-state index is 0.297. The quantitative estimate of drug-likeness (QED) is 0.679. The van der Waals surface area contributed by atoms with Crippen LogP contribution in [0.2, 0.25) is 0 Å². The van der Waals surface area contributed by atoms with Crippen molar-refractivity contribution in [3.05, 3.63) is 23.8 Å². The normalized spacial score (nSPS) is 16.3. The van der Waals surface area contributed by atoms with Gasteiger partial charge in [-0.3, -0.25) is 0 Å². The van der Waals surface area contributed by atoms with E-state index in [0.717, 1.165) is 31.6 Å². The Bertz CT molecular complexity index is 494. The second kappa shape index (κ2) is 6.80. The van der Waals surface area contributed by atoms with Crippen LogP contribution in [0.5, 0.6) is 0 Å². The highest BCUT2D eigenvalue weighted by Crippen LogP contribution is 2.31. The lowest BCUT2D eigenvalue weighted by molar-refractivity contribution is 0.0527. The van der Waals surface area contributed by atoms with Gasteiger partial charge in [0.15, 0.2) is 0 Å². The fourth-order valence-electron chi connectivity index (χ4n) is 2.89. The molecule has 0 unspecified atom stereocenters. The molecule has 5 heteroatoms. The fourth-order valence-corrected chi connectivity index (χ4v) is 2.89. The number of hydrogen-bond donors (Lipinski definition) is 1. The average Bonchev–Trinajstić information content (AvgIpc) is 2.47. The van der Waals surface area contributed by atoms with E-state index in [9.17, 15) is 4.79 Å². The van der Waals surface area contributed by atoms with Crippen LogP contribution in [0.1, 0.15) is 30.1 Å². The Labute approximate surface area is 126 Å². The second-order valence-corrected chi connectivity index (χ2v) is 5.65. The SMILES string of the molecule is CCOC(=O)c1cccc(N)c1N1CCC(N(C)C)CC1. The standard InChI is InChI=1S/C16H25N3O2/c1-4-21-16(20)13-6-5-7-14(17)15(13)19-10-8-12(9-11-19)18(2)3/h5-7,12H,4,8-11,17H2,1-3H3. The summed E-state index contributed by atoms with van der Waals surface area (Å²) in [6, 6.07) is 6.03. The fraction of sp³-hybridized carbons (Fsp3) is 0.562. The molecule has 1 saturated heterocycles. The smallest absolute Gasteiger partial charge is 0.340 e. The van der Waals surface area contributed by atoms with Gasteiger partial charge in [0.2, 0.25) is 0 Å². The van der Waals surface area contributed by atoms with Crippen molar-refractivity contribution in [1.29, 1.82) is 0 Å². The van der Waals surface area contributed by atoms with Crippen molar-refractivity contribution in [2.45, 2.75) is 25.8 Å². The van der Waals surface area contributed by atoms with Crippen LogP contribution in [0.25, 0.3) is 0 Å². The highest BCUT2D eigenvalue weighted by Gasteiger charge is 2.25. The molecule has 0 radical (unpaired) electrons. The summed E-state index contributed by atoms with van der Waals surface area (Å²) >= 11 is 0. The van der Waals surface area contributed by atoms with Crippen LogP contribution in [0.3, 0.4) is 0 Å². The van der Waals surface area contributed by atoms with E-state index in [1.54, 1.807) is 12.1 Å². The molecule has 1 heterocycles. The summed E-state index contributed by atoms with van der Waals surface area (Å²) in [5, 5.41) is 0. The molecule has 2 N–H and O–H groups in total. The molecule has 1 aromatic rings. The summed E-state index contributed by atoms with van der Waals surface area (Å²) in [5.41, 5.74) is 8.16. The van der Waals surface area contributed by atoms with E-state index >= 15 is 0 Å². The molecule has 0 atom stereocenters. The first-order valence-electron chi connectivity index (χ1n) is 7.51. The average molecular weight is 291 g/mol. The molecule has 1 aromatic carbocycles. The Morgan fingerprint density at radius 2 is 2.05 bits per heavy atom. The maximum absolute atomic E-state index is 12.1. The number of carbonyl (C=O) groups is 1. The van der Waals surface area contributed by atoms with Crippen LogP contribution < -0.4 is 10.6 Å². The molecule has 116 valence electrons. The first-order valence-corrected chi connectivity index (χ1v) is 7.51. The van der Waals surface area contributed by atoms with Crippen molar-refractivity contribution < 1.29 is 9.53 Å². The number of ether oxygens (including phenoxy) is 1. The summed E-state index contributed by atoms with van der Waals surface area (Å²) in [7, 11) is 4.22. The lowest BCUT2D eigenvalue weighted by Gasteiger charge is -2.37. The minimum Gasteiger partial charge on any atom is -0.462 e. The molecular formula is C16H25N3O2. The summed E-state index contributed by atoms with van der Waals surface area (Å²) in [5.74, 6) is -0.297. The molecule has 1 aliphatic heterocycles. The summed E-state index contributed by atoms with van der Waals surface area (Å²) in [4.78, 5) is 16.6. The van der Waals surface area contributed by atoms with Crippen molar-refractivity contribution in [3.8, 4) is 0 Å². The zero-order chi connectivity index (χ0) is 15.4. The summed E-state index contributed by atoms with van der Waals surface area (Å²) < 4.78 is 5.14. The van der Waals surface area contributed by atoms with Gasteiger partial charge in [-0.1, -0.05) is 6.07 Å². The van der Waals surface area contributed by atoms with Crippen molar-refractivity contribution in [2.24, 2.45) is 0 Å². The number of piperidine rings is 1. The van der Waals surface area contributed by atoms with E-state index in [1.165, 1.54) is 0 Å². The van der Waals surface area contributed by atoms with Crippen molar-refractivity contribution in [1.82, 2.24) is 4.90 Å². The molecule has 0 bridgehead atoms. The van der Waals surface area contributed by atoms with Crippen LogP contribution >= 0.6 is 0 Å². The van der Waals surface area contributed by atoms with E-state index in [4.69, 9.17) is 10.5 Å². The Morgan fingerprint density at radius 1 is 1.38 bits per heavy atom. The number of nitrogens with zero attached hydrogens (tertiary/aromatic N) is 2. The van der Waals surface area contributed by atoms with E-state index in [1.807, 2.05) is 13.0 Å². The van der Waals surface area contributed by atoms with E-state index < -0.39 is 0 Å². The van der Waals surface area contributed by atoms with Gasteiger partial charge in [-0.25, -0.2) is 4.79 Å². The second-order valence-electron chi connectivity index (χ2n) is 5.65. The summed E-state index contributed by atoms with van der Waals surface area (Å²) in [6.07, 6.45) is 2.15. The number of nitrogen functional groups attached to an aromatic ring is 1. The Balaban J connectivity index is 2.22. The first-order chi connectivity index (χ1) is 10.0. The lowest BCUT2D eigenvalue weighted by atomic mass is 10.0. The van der Waals surface area contributed by atoms with Crippen molar-refractivity contribution in [2.75, 3.05) is 44.4 Å². The van der Waals surface area contributed by atoms with Crippen LogP contribution in [-0.4, -0.2) is 50.7 Å². The maximum Gasteiger partial charge on any atom is 0.340 e. The van der Waals surface area contributed by atoms with Gasteiger partial charge in [-0.15, -0.1) is 0 Å². The lowest BCUT2D eigenvalue weighted by Crippen LogP contribution is -2.42. The Hall–Kier alpha value is -1.75. The molecular weight excluding hydrogens is 266 g/mol. The number of benzene rings is 1. The zero-order valence-electron chi connectivity index (χ0n) is 13.1. The number of para-hydroxylation sites is 1. The number of esters is 1. The van der Waals surface area contributed by atoms with Gasteiger partial charge in [-0.05, 0) is 46.0 Å². The maximum atomic E-state index is 12.1. The zero-order valence-corrected chi connectivity index (χ0v) is 13.1. The van der Waals surface area contributed by atoms with Crippen molar-refractivity contribution >= 4 is 17.3 Å². The molecule has 1 aliphatic rings. The molecule has 0 spiro atoms. The van der Waals surface area contributed by atoms with E-state index in [-0.39, 0.29) is 5.97 Å². The Morgan fingerprint density at radius 3 is 2.62 bits per heavy atom. The van der Waals surface area contributed by atoms with Crippen LogP contribution in [-0.2, 0) is 4.74 Å². The molecule has 21 heavy (non-hydrogen) atoms. The van der Waals surface area contributed by atoms with Gasteiger partial charge in [0.1, 0.15) is 0 Å².